The van der Waals surface area contributed by atoms with Crippen molar-refractivity contribution in [3.63, 3.8) is 0 Å². The highest BCUT2D eigenvalue weighted by Gasteiger charge is 2.37. The first kappa shape index (κ1) is 20.4. The predicted octanol–water partition coefficient (Wildman–Crippen LogP) is 5.16. The number of nitrogens with one attached hydrogen (secondary N) is 1. The lowest BCUT2D eigenvalue weighted by Gasteiger charge is -2.29. The van der Waals surface area contributed by atoms with Crippen LogP contribution < -0.4 is 15.4 Å². The molecule has 0 bridgehead atoms. The van der Waals surface area contributed by atoms with Crippen LogP contribution in [0, 0.1) is 11.3 Å². The van der Waals surface area contributed by atoms with Crippen LogP contribution in [0.25, 0.3) is 16.7 Å². The third kappa shape index (κ3) is 2.97. The molecule has 0 spiro atoms. The third-order valence-corrected chi connectivity index (χ3v) is 6.99. The van der Waals surface area contributed by atoms with E-state index in [4.69, 9.17) is 15.5 Å². The number of aryl methyl sites for hydroxylation is 1. The number of hydrogen-bond acceptors (Lipinski definition) is 5. The van der Waals surface area contributed by atoms with E-state index < -0.39 is 0 Å². The number of nitriles is 1. The molecule has 6 nitrogen and oxygen atoms in total. The maximum absolute atomic E-state index is 10.4. The second kappa shape index (κ2) is 7.67. The Balaban J connectivity index is 1.62. The second-order valence-corrected chi connectivity index (χ2v) is 9.15. The molecule has 168 valence electrons. The molecule has 1 atom stereocenters. The average molecular weight is 448 g/mol. The largest absolute Gasteiger partial charge is 0.437 e. The molecule has 0 fully saturated rings. The first-order valence-corrected chi connectivity index (χ1v) is 11.5. The average Bonchev–Trinajstić information content (AvgIpc) is 3.50. The van der Waals surface area contributed by atoms with Crippen molar-refractivity contribution in [2.45, 2.75) is 25.2 Å². The van der Waals surface area contributed by atoms with Gasteiger partial charge in [0.1, 0.15) is 0 Å². The molecule has 34 heavy (non-hydrogen) atoms. The van der Waals surface area contributed by atoms with E-state index in [0.29, 0.717) is 22.9 Å². The topological polar surface area (TPSA) is 91.0 Å². The van der Waals surface area contributed by atoms with Crippen LogP contribution in [0.1, 0.15) is 40.3 Å². The van der Waals surface area contributed by atoms with Gasteiger partial charge in [0.15, 0.2) is 5.76 Å². The van der Waals surface area contributed by atoms with Crippen molar-refractivity contribution in [2.24, 2.45) is 0 Å². The van der Waals surface area contributed by atoms with Gasteiger partial charge < -0.3 is 20.4 Å². The molecular weight excluding hydrogens is 422 g/mol. The molecule has 0 amide bonds. The first-order valence-electron chi connectivity index (χ1n) is 11.5. The monoisotopic (exact) mass is 447 g/mol. The molecule has 0 saturated heterocycles. The molecule has 4 aromatic rings. The third-order valence-electron chi connectivity index (χ3n) is 6.99. The lowest BCUT2D eigenvalue weighted by Crippen LogP contribution is -2.20. The Hall–Kier alpha value is -4.24. The minimum Gasteiger partial charge on any atom is -0.437 e. The van der Waals surface area contributed by atoms with Crippen LogP contribution in [-0.2, 0) is 12.8 Å². The van der Waals surface area contributed by atoms with E-state index in [9.17, 15) is 5.26 Å². The fourth-order valence-electron chi connectivity index (χ4n) is 5.26. The molecule has 6 rings (SSSR count). The standard InChI is InChI=1S/C28H25N5O/c1-33(2)17-12-10-16(11-13-17)24-20(14-29)27(21-15-31-22-8-4-3-6-18(21)22)34-28-25(24)26(30)19-7-5-9-23(19)32-28/h3-4,6,8,10-13,15,24,31H,5,7,9H2,1-2H3,(H2,30,32). The smallest absolute Gasteiger partial charge is 0.225 e. The van der Waals surface area contributed by atoms with Gasteiger partial charge in [-0.2, -0.15) is 5.26 Å². The molecule has 0 radical (unpaired) electrons. The number of anilines is 2. The Labute approximate surface area is 198 Å². The molecule has 2 aromatic heterocycles. The summed E-state index contributed by atoms with van der Waals surface area (Å²) in [6.07, 6.45) is 4.75. The fourth-order valence-corrected chi connectivity index (χ4v) is 5.26. The minimum atomic E-state index is -0.355. The summed E-state index contributed by atoms with van der Waals surface area (Å²) in [6.45, 7) is 0. The van der Waals surface area contributed by atoms with E-state index in [-0.39, 0.29) is 5.92 Å². The van der Waals surface area contributed by atoms with Crippen LogP contribution in [0.3, 0.4) is 0 Å². The molecule has 1 aliphatic heterocycles. The summed E-state index contributed by atoms with van der Waals surface area (Å²) in [5, 5.41) is 11.5. The van der Waals surface area contributed by atoms with Gasteiger partial charge >= 0.3 is 0 Å². The number of H-pyrrole nitrogens is 1. The number of nitrogens with two attached hydrogens (primary N) is 1. The quantitative estimate of drug-likeness (QED) is 0.453. The Kier molecular flexibility index (Phi) is 4.59. The molecule has 2 aliphatic rings. The zero-order valence-corrected chi connectivity index (χ0v) is 19.2. The van der Waals surface area contributed by atoms with E-state index in [1.54, 1.807) is 0 Å². The van der Waals surface area contributed by atoms with Crippen LogP contribution in [0.5, 0.6) is 5.88 Å². The SMILES string of the molecule is CN(C)c1ccc(C2C(C#N)=C(c3c[nH]c4ccccc34)Oc3nc4c(c(N)c32)CCC4)cc1. The van der Waals surface area contributed by atoms with Crippen molar-refractivity contribution in [2.75, 3.05) is 24.7 Å². The van der Waals surface area contributed by atoms with Crippen molar-refractivity contribution in [3.8, 4) is 11.9 Å². The number of ether oxygens (including phenoxy) is 1. The highest BCUT2D eigenvalue weighted by molar-refractivity contribution is 5.94. The normalized spacial score (nSPS) is 16.7. The van der Waals surface area contributed by atoms with Crippen LogP contribution in [0.4, 0.5) is 11.4 Å². The highest BCUT2D eigenvalue weighted by Crippen LogP contribution is 2.50. The fraction of sp³-hybridized carbons (Fsp3) is 0.214. The van der Waals surface area contributed by atoms with E-state index >= 15 is 0 Å². The first-order chi connectivity index (χ1) is 16.6. The Morgan fingerprint density at radius 1 is 1.12 bits per heavy atom. The number of benzene rings is 2. The summed E-state index contributed by atoms with van der Waals surface area (Å²) in [6, 6.07) is 18.8. The van der Waals surface area contributed by atoms with Crippen molar-refractivity contribution in [1.29, 1.82) is 5.26 Å². The number of para-hydroxylation sites is 1. The molecule has 1 unspecified atom stereocenters. The number of nitrogens with zero attached hydrogens (tertiary/aromatic N) is 3. The number of aromatic nitrogens is 2. The van der Waals surface area contributed by atoms with Gasteiger partial charge in [-0.25, -0.2) is 4.98 Å². The van der Waals surface area contributed by atoms with Gasteiger partial charge in [0.25, 0.3) is 0 Å². The van der Waals surface area contributed by atoms with Gasteiger partial charge in [-0.3, -0.25) is 0 Å². The molecule has 3 N–H and O–H groups in total. The van der Waals surface area contributed by atoms with Gasteiger partial charge in [0.2, 0.25) is 5.88 Å². The zero-order valence-electron chi connectivity index (χ0n) is 19.2. The van der Waals surface area contributed by atoms with Crippen LogP contribution >= 0.6 is 0 Å². The van der Waals surface area contributed by atoms with Crippen molar-refractivity contribution < 1.29 is 4.74 Å². The molecule has 0 saturated carbocycles. The maximum Gasteiger partial charge on any atom is 0.225 e. The van der Waals surface area contributed by atoms with Gasteiger partial charge in [-0.05, 0) is 48.6 Å². The summed E-state index contributed by atoms with van der Waals surface area (Å²) >= 11 is 0. The summed E-state index contributed by atoms with van der Waals surface area (Å²) in [5.41, 5.74) is 14.9. The molecule has 6 heteroatoms. The number of allylic oxidation sites excluding steroid dienone is 1. The summed E-state index contributed by atoms with van der Waals surface area (Å²) < 4.78 is 6.45. The number of aromatic amines is 1. The van der Waals surface area contributed by atoms with Gasteiger partial charge in [0, 0.05) is 53.8 Å². The van der Waals surface area contributed by atoms with Crippen LogP contribution in [0.15, 0.2) is 60.3 Å². The van der Waals surface area contributed by atoms with Gasteiger partial charge in [-0.1, -0.05) is 30.3 Å². The highest BCUT2D eigenvalue weighted by atomic mass is 16.5. The number of nitrogen functional groups attached to an aromatic ring is 1. The molecular formula is C28H25N5O. The van der Waals surface area contributed by atoms with E-state index in [1.165, 1.54) is 0 Å². The van der Waals surface area contributed by atoms with E-state index in [1.807, 2.05) is 44.6 Å². The van der Waals surface area contributed by atoms with E-state index in [2.05, 4.69) is 40.2 Å². The van der Waals surface area contributed by atoms with Gasteiger partial charge in [0.05, 0.1) is 23.1 Å². The summed E-state index contributed by atoms with van der Waals surface area (Å²) in [7, 11) is 4.03. The van der Waals surface area contributed by atoms with Crippen molar-refractivity contribution in [3.05, 3.63) is 88.2 Å². The van der Waals surface area contributed by atoms with Crippen LogP contribution in [0.2, 0.25) is 0 Å². The Bertz CT molecular complexity index is 1500. The lowest BCUT2D eigenvalue weighted by molar-refractivity contribution is 0.466. The maximum atomic E-state index is 10.4. The van der Waals surface area contributed by atoms with Crippen LogP contribution in [-0.4, -0.2) is 24.1 Å². The van der Waals surface area contributed by atoms with Crippen molar-refractivity contribution in [1.82, 2.24) is 9.97 Å². The van der Waals surface area contributed by atoms with E-state index in [0.717, 1.165) is 63.8 Å². The number of rotatable bonds is 3. The zero-order chi connectivity index (χ0) is 23.4. The van der Waals surface area contributed by atoms with Gasteiger partial charge in [-0.15, -0.1) is 0 Å². The Morgan fingerprint density at radius 2 is 1.91 bits per heavy atom. The van der Waals surface area contributed by atoms with Crippen molar-refractivity contribution >= 4 is 28.0 Å². The summed E-state index contributed by atoms with van der Waals surface area (Å²) in [4.78, 5) is 10.3. The summed E-state index contributed by atoms with van der Waals surface area (Å²) in [5.74, 6) is 0.699. The second-order valence-electron chi connectivity index (χ2n) is 9.15. The molecule has 2 aromatic carbocycles. The minimum absolute atomic E-state index is 0.355. The number of fused-ring (bicyclic) bond motifs is 3. The molecule has 3 heterocycles. The Morgan fingerprint density at radius 3 is 2.68 bits per heavy atom. The molecule has 1 aliphatic carbocycles. The number of hydrogen-bond donors (Lipinski definition) is 2. The predicted molar refractivity (Wildman–Crippen MR) is 135 cm³/mol. The lowest BCUT2D eigenvalue weighted by atomic mass is 9.81. The number of pyridine rings is 1.